The van der Waals surface area contributed by atoms with Crippen LogP contribution in [0.2, 0.25) is 0 Å². The molecule has 4 aromatic rings. The molecule has 0 bridgehead atoms. The van der Waals surface area contributed by atoms with E-state index >= 15 is 0 Å². The third kappa shape index (κ3) is 4.82. The number of fused-ring (bicyclic) bond motifs is 1. The minimum atomic E-state index is -0.166. The van der Waals surface area contributed by atoms with E-state index in [0.29, 0.717) is 24.6 Å². The molecular formula is C23H24N6O2S2. The van der Waals surface area contributed by atoms with Crippen molar-refractivity contribution in [1.82, 2.24) is 24.4 Å². The molecule has 4 heterocycles. The van der Waals surface area contributed by atoms with E-state index in [1.165, 1.54) is 15.9 Å². The first-order valence-corrected chi connectivity index (χ1v) is 12.4. The van der Waals surface area contributed by atoms with Crippen LogP contribution < -0.4 is 10.9 Å². The summed E-state index contributed by atoms with van der Waals surface area (Å²) in [5.74, 6) is 0. The van der Waals surface area contributed by atoms with Gasteiger partial charge in [0.1, 0.15) is 0 Å². The van der Waals surface area contributed by atoms with Gasteiger partial charge in [0, 0.05) is 44.5 Å². The van der Waals surface area contributed by atoms with Gasteiger partial charge < -0.3 is 10.2 Å². The van der Waals surface area contributed by atoms with E-state index in [2.05, 4.69) is 26.4 Å². The molecule has 33 heavy (non-hydrogen) atoms. The maximum Gasteiger partial charge on any atom is 0.321 e. The number of hydrogen-bond donors (Lipinski definition) is 1. The van der Waals surface area contributed by atoms with Gasteiger partial charge in [0.25, 0.3) is 5.56 Å². The molecule has 1 fully saturated rings. The molecule has 1 saturated heterocycles. The summed E-state index contributed by atoms with van der Waals surface area (Å²) in [5, 5.41) is 10.2. The van der Waals surface area contributed by atoms with Crippen molar-refractivity contribution < 1.29 is 4.79 Å². The van der Waals surface area contributed by atoms with Gasteiger partial charge in [0.05, 0.1) is 10.6 Å². The fraction of sp³-hybridized carbons (Fsp3) is 0.304. The zero-order chi connectivity index (χ0) is 22.9. The highest BCUT2D eigenvalue weighted by Gasteiger charge is 2.22. The fourth-order valence-electron chi connectivity index (χ4n) is 4.02. The smallest absolute Gasteiger partial charge is 0.321 e. The Bertz CT molecular complexity index is 1330. The van der Waals surface area contributed by atoms with Crippen molar-refractivity contribution in [1.29, 1.82) is 0 Å². The topological polar surface area (TPSA) is 82.8 Å². The number of urea groups is 1. The Kier molecular flexibility index (Phi) is 5.96. The first-order valence-electron chi connectivity index (χ1n) is 10.7. The summed E-state index contributed by atoms with van der Waals surface area (Å²) in [7, 11) is 0. The molecule has 0 saturated carbocycles. The molecule has 170 valence electrons. The second-order valence-corrected chi connectivity index (χ2v) is 10.1. The molecule has 2 amide bonds. The molecule has 0 aliphatic carbocycles. The number of carbonyl (C=O) groups excluding carboxylic acids is 1. The number of hydrogen-bond acceptors (Lipinski definition) is 7. The molecule has 1 aliphatic rings. The Morgan fingerprint density at radius 2 is 1.85 bits per heavy atom. The lowest BCUT2D eigenvalue weighted by Gasteiger charge is -2.34. The predicted molar refractivity (Wildman–Crippen MR) is 132 cm³/mol. The van der Waals surface area contributed by atoms with E-state index in [9.17, 15) is 9.59 Å². The summed E-state index contributed by atoms with van der Waals surface area (Å²) in [6.07, 6.45) is 0. The van der Waals surface area contributed by atoms with Gasteiger partial charge in [-0.2, -0.15) is 9.61 Å². The van der Waals surface area contributed by atoms with E-state index in [1.807, 2.05) is 48.4 Å². The third-order valence-electron chi connectivity index (χ3n) is 5.55. The Balaban J connectivity index is 1.22. The first kappa shape index (κ1) is 21.7. The normalized spacial score (nSPS) is 14.7. The fourth-order valence-corrected chi connectivity index (χ4v) is 5.74. The van der Waals surface area contributed by atoms with Crippen molar-refractivity contribution in [3.8, 4) is 9.88 Å². The second-order valence-electron chi connectivity index (χ2n) is 8.23. The van der Waals surface area contributed by atoms with E-state index in [1.54, 1.807) is 17.4 Å². The van der Waals surface area contributed by atoms with Crippen LogP contribution in [0, 0.1) is 13.8 Å². The van der Waals surface area contributed by atoms with Crippen molar-refractivity contribution in [2.24, 2.45) is 0 Å². The lowest BCUT2D eigenvalue weighted by molar-refractivity contribution is 0.142. The van der Waals surface area contributed by atoms with Crippen molar-refractivity contribution in [3.05, 3.63) is 69.0 Å². The predicted octanol–water partition coefficient (Wildman–Crippen LogP) is 3.85. The molecule has 1 aliphatic heterocycles. The molecule has 0 radical (unpaired) electrons. The first-order chi connectivity index (χ1) is 15.9. The Morgan fingerprint density at radius 1 is 1.09 bits per heavy atom. The number of nitrogens with zero attached hydrogens (tertiary/aromatic N) is 5. The summed E-state index contributed by atoms with van der Waals surface area (Å²) >= 11 is 3.02. The van der Waals surface area contributed by atoms with Crippen LogP contribution in [0.5, 0.6) is 0 Å². The molecule has 3 aromatic heterocycles. The SMILES string of the molecule is Cc1cc(C)cc(NC(=O)N2CCN(Cc3cc(=O)n4nc(-c5cccs5)sc4n3)CC2)c1. The minimum absolute atomic E-state index is 0.0804. The van der Waals surface area contributed by atoms with Gasteiger partial charge in [-0.15, -0.1) is 11.3 Å². The van der Waals surface area contributed by atoms with E-state index in [0.717, 1.165) is 45.5 Å². The van der Waals surface area contributed by atoms with Gasteiger partial charge in [-0.05, 0) is 48.6 Å². The number of benzene rings is 1. The van der Waals surface area contributed by atoms with Gasteiger partial charge >= 0.3 is 6.03 Å². The lowest BCUT2D eigenvalue weighted by Crippen LogP contribution is -2.49. The number of thiophene rings is 1. The lowest BCUT2D eigenvalue weighted by atomic mass is 10.1. The highest BCUT2D eigenvalue weighted by Crippen LogP contribution is 2.28. The standard InChI is InChI=1S/C23H24N6O2S2/c1-15-10-16(2)12-17(11-15)24-22(31)28-7-5-27(6-8-28)14-18-13-20(30)29-23(25-18)33-21(26-29)19-4-3-9-32-19/h3-4,9-13H,5-8,14H2,1-2H3,(H,24,31). The van der Waals surface area contributed by atoms with Gasteiger partial charge in [0.2, 0.25) is 4.96 Å². The minimum Gasteiger partial charge on any atom is -0.322 e. The maximum atomic E-state index is 12.7. The van der Waals surface area contributed by atoms with Crippen molar-refractivity contribution in [3.63, 3.8) is 0 Å². The molecule has 8 nitrogen and oxygen atoms in total. The van der Waals surface area contributed by atoms with Gasteiger partial charge in [0.15, 0.2) is 5.01 Å². The highest BCUT2D eigenvalue weighted by molar-refractivity contribution is 7.23. The molecule has 1 N–H and O–H groups in total. The van der Waals surface area contributed by atoms with Crippen LogP contribution in [-0.2, 0) is 6.54 Å². The van der Waals surface area contributed by atoms with Gasteiger partial charge in [-0.25, -0.2) is 9.78 Å². The van der Waals surface area contributed by atoms with Gasteiger partial charge in [-0.3, -0.25) is 9.69 Å². The molecular weight excluding hydrogens is 456 g/mol. The third-order valence-corrected chi connectivity index (χ3v) is 7.50. The van der Waals surface area contributed by atoms with Crippen LogP contribution in [0.15, 0.2) is 46.6 Å². The van der Waals surface area contributed by atoms with E-state index in [-0.39, 0.29) is 11.6 Å². The molecule has 0 unspecified atom stereocenters. The monoisotopic (exact) mass is 480 g/mol. The number of nitrogens with one attached hydrogen (secondary N) is 1. The van der Waals surface area contributed by atoms with E-state index < -0.39 is 0 Å². The van der Waals surface area contributed by atoms with Crippen LogP contribution in [0.3, 0.4) is 0 Å². The number of rotatable bonds is 4. The number of anilines is 1. The van der Waals surface area contributed by atoms with Crippen molar-refractivity contribution in [2.45, 2.75) is 20.4 Å². The van der Waals surface area contributed by atoms with Crippen molar-refractivity contribution >= 4 is 39.4 Å². The summed E-state index contributed by atoms with van der Waals surface area (Å²) in [6.45, 7) is 7.32. The molecule has 1 aromatic carbocycles. The number of carbonyl (C=O) groups is 1. The van der Waals surface area contributed by atoms with Gasteiger partial charge in [-0.1, -0.05) is 23.5 Å². The number of amides is 2. The summed E-state index contributed by atoms with van der Waals surface area (Å²) in [6, 6.07) is 11.5. The van der Waals surface area contributed by atoms with Crippen molar-refractivity contribution in [2.75, 3.05) is 31.5 Å². The van der Waals surface area contributed by atoms with Crippen LogP contribution in [0.4, 0.5) is 10.5 Å². The zero-order valence-electron chi connectivity index (χ0n) is 18.4. The number of aryl methyl sites for hydroxylation is 2. The molecule has 0 spiro atoms. The number of aromatic nitrogens is 3. The Labute approximate surface area is 199 Å². The average Bonchev–Trinajstić information content (AvgIpc) is 3.43. The van der Waals surface area contributed by atoms with E-state index in [4.69, 9.17) is 0 Å². The second kappa shape index (κ2) is 9.05. The maximum absolute atomic E-state index is 12.7. The summed E-state index contributed by atoms with van der Waals surface area (Å²) in [4.78, 5) is 35.6. The largest absolute Gasteiger partial charge is 0.322 e. The van der Waals surface area contributed by atoms with Crippen LogP contribution in [-0.4, -0.2) is 56.6 Å². The zero-order valence-corrected chi connectivity index (χ0v) is 20.1. The van der Waals surface area contributed by atoms with Crippen LogP contribution >= 0.6 is 22.7 Å². The molecule has 10 heteroatoms. The van der Waals surface area contributed by atoms with Crippen LogP contribution in [0.25, 0.3) is 14.8 Å². The number of piperazine rings is 1. The summed E-state index contributed by atoms with van der Waals surface area (Å²) < 4.78 is 1.37. The summed E-state index contributed by atoms with van der Waals surface area (Å²) in [5.41, 5.74) is 3.64. The molecule has 5 rings (SSSR count). The quantitative estimate of drug-likeness (QED) is 0.480. The Morgan fingerprint density at radius 3 is 2.55 bits per heavy atom. The molecule has 0 atom stereocenters. The highest BCUT2D eigenvalue weighted by atomic mass is 32.1. The average molecular weight is 481 g/mol. The Hall–Kier alpha value is -3.08. The van der Waals surface area contributed by atoms with Crippen LogP contribution in [0.1, 0.15) is 16.8 Å².